The minimum Gasteiger partial charge on any atom is -0.486 e. The normalized spacial score (nSPS) is 12.4. The molecule has 2 aromatic carbocycles. The van der Waals surface area contributed by atoms with Gasteiger partial charge in [-0.25, -0.2) is 4.79 Å². The molecule has 0 saturated heterocycles. The van der Waals surface area contributed by atoms with Crippen molar-refractivity contribution < 1.29 is 19.0 Å². The van der Waals surface area contributed by atoms with E-state index in [0.717, 1.165) is 5.56 Å². The van der Waals surface area contributed by atoms with Crippen molar-refractivity contribution in [2.45, 2.75) is 0 Å². The number of carbonyl (C=O) groups excluding carboxylic acids is 1. The molecule has 0 aliphatic carbocycles. The number of fused-ring (bicyclic) bond motifs is 2. The van der Waals surface area contributed by atoms with Crippen LogP contribution in [0.3, 0.4) is 0 Å². The maximum Gasteiger partial charge on any atom is 0.319 e. The number of benzene rings is 2. The van der Waals surface area contributed by atoms with Crippen LogP contribution in [0.25, 0.3) is 17.0 Å². The molecule has 3 heterocycles. The first kappa shape index (κ1) is 19.6. The van der Waals surface area contributed by atoms with Gasteiger partial charge in [0, 0.05) is 23.4 Å². The number of rotatable bonds is 6. The lowest BCUT2D eigenvalue weighted by atomic mass is 10.2. The molecule has 4 aromatic rings. The van der Waals surface area contributed by atoms with Crippen molar-refractivity contribution in [3.05, 3.63) is 60.7 Å². The second-order valence-electron chi connectivity index (χ2n) is 6.92. The molecule has 0 spiro atoms. The highest BCUT2D eigenvalue weighted by Crippen LogP contribution is 2.32. The summed E-state index contributed by atoms with van der Waals surface area (Å²) in [7, 11) is 0. The Kier molecular flexibility index (Phi) is 5.39. The van der Waals surface area contributed by atoms with E-state index >= 15 is 0 Å². The van der Waals surface area contributed by atoms with E-state index in [4.69, 9.17) is 14.2 Å². The summed E-state index contributed by atoms with van der Waals surface area (Å²) < 4.78 is 18.3. The fourth-order valence-corrected chi connectivity index (χ4v) is 3.23. The summed E-state index contributed by atoms with van der Waals surface area (Å²) >= 11 is 0. The molecule has 10 nitrogen and oxygen atoms in total. The van der Waals surface area contributed by atoms with E-state index in [1.165, 1.54) is 0 Å². The molecule has 2 aromatic heterocycles. The van der Waals surface area contributed by atoms with Gasteiger partial charge in [-0.15, -0.1) is 15.3 Å². The zero-order valence-electron chi connectivity index (χ0n) is 17.0. The summed E-state index contributed by atoms with van der Waals surface area (Å²) in [6.45, 7) is 1.55. The van der Waals surface area contributed by atoms with Gasteiger partial charge in [-0.1, -0.05) is 30.3 Å². The summed E-state index contributed by atoms with van der Waals surface area (Å²) in [5.41, 5.74) is 2.14. The summed E-state index contributed by atoms with van der Waals surface area (Å²) in [6.07, 6.45) is 0. The lowest BCUT2D eigenvalue weighted by molar-refractivity contribution is 0.171. The Balaban J connectivity index is 1.15. The average molecular weight is 432 g/mol. The topological polar surface area (TPSA) is 112 Å². The van der Waals surface area contributed by atoms with Gasteiger partial charge in [-0.05, 0) is 18.2 Å². The first-order valence-corrected chi connectivity index (χ1v) is 10.1. The third-order valence-corrected chi connectivity index (χ3v) is 4.71. The number of carbonyl (C=O) groups is 1. The van der Waals surface area contributed by atoms with E-state index < -0.39 is 0 Å². The van der Waals surface area contributed by atoms with Crippen LogP contribution in [0.5, 0.6) is 17.4 Å². The molecule has 0 saturated carbocycles. The van der Waals surface area contributed by atoms with Crippen LogP contribution in [0.1, 0.15) is 0 Å². The van der Waals surface area contributed by atoms with Crippen LogP contribution in [0.4, 0.5) is 10.5 Å². The van der Waals surface area contributed by atoms with Crippen LogP contribution in [-0.2, 0) is 0 Å². The van der Waals surface area contributed by atoms with Gasteiger partial charge in [0.1, 0.15) is 19.8 Å². The monoisotopic (exact) mass is 432 g/mol. The largest absolute Gasteiger partial charge is 0.486 e. The van der Waals surface area contributed by atoms with Gasteiger partial charge in [0.2, 0.25) is 5.88 Å². The Morgan fingerprint density at radius 1 is 1.00 bits per heavy atom. The van der Waals surface area contributed by atoms with Crippen LogP contribution in [0.15, 0.2) is 60.7 Å². The van der Waals surface area contributed by atoms with Crippen molar-refractivity contribution in [3.8, 4) is 28.8 Å². The maximum absolute atomic E-state index is 12.1. The maximum atomic E-state index is 12.1. The molecule has 0 fully saturated rings. The van der Waals surface area contributed by atoms with Crippen molar-refractivity contribution in [1.29, 1.82) is 0 Å². The van der Waals surface area contributed by atoms with E-state index in [0.29, 0.717) is 54.3 Å². The number of aromatic nitrogens is 4. The lowest BCUT2D eigenvalue weighted by Gasteiger charge is -2.19. The number of anilines is 1. The van der Waals surface area contributed by atoms with Crippen LogP contribution in [0, 0.1) is 0 Å². The zero-order chi connectivity index (χ0) is 21.8. The van der Waals surface area contributed by atoms with Gasteiger partial charge in [0.25, 0.3) is 0 Å². The number of nitrogens with one attached hydrogen (secondary N) is 2. The molecule has 0 atom stereocenters. The summed E-state index contributed by atoms with van der Waals surface area (Å²) in [6, 6.07) is 18.1. The molecule has 1 aliphatic heterocycles. The highest BCUT2D eigenvalue weighted by Gasteiger charge is 2.13. The summed E-state index contributed by atoms with van der Waals surface area (Å²) in [4.78, 5) is 12.1. The standard InChI is InChI=1S/C22H20N6O4/c29-22(24-16-6-7-17-18(14-16)31-13-12-30-17)23-10-11-32-20-9-8-19-25-26-21(28(19)27-20)15-4-2-1-3-5-15/h1-9,14H,10-13H2,(H2,23,24,29). The molecule has 2 N–H and O–H groups in total. The van der Waals surface area contributed by atoms with Gasteiger partial charge in [0.15, 0.2) is 23.0 Å². The molecular weight excluding hydrogens is 412 g/mol. The van der Waals surface area contributed by atoms with Crippen LogP contribution in [-0.4, -0.2) is 52.2 Å². The summed E-state index contributed by atoms with van der Waals surface area (Å²) in [5.74, 6) is 2.32. The number of ether oxygens (including phenoxy) is 3. The van der Waals surface area contributed by atoms with Crippen LogP contribution >= 0.6 is 0 Å². The molecule has 0 bridgehead atoms. The van der Waals surface area contributed by atoms with Crippen molar-refractivity contribution in [1.82, 2.24) is 25.1 Å². The Bertz CT molecular complexity index is 1240. The van der Waals surface area contributed by atoms with E-state index in [2.05, 4.69) is 25.9 Å². The predicted molar refractivity (Wildman–Crippen MR) is 116 cm³/mol. The third-order valence-electron chi connectivity index (χ3n) is 4.71. The summed E-state index contributed by atoms with van der Waals surface area (Å²) in [5, 5.41) is 18.3. The first-order chi connectivity index (χ1) is 15.8. The Hall–Kier alpha value is -4.34. The second kappa shape index (κ2) is 8.80. The van der Waals surface area contributed by atoms with E-state index in [1.54, 1.807) is 34.8 Å². The quantitative estimate of drug-likeness (QED) is 0.451. The Morgan fingerprint density at radius 2 is 1.84 bits per heavy atom. The number of hydrogen-bond donors (Lipinski definition) is 2. The average Bonchev–Trinajstić information content (AvgIpc) is 3.26. The molecule has 0 unspecified atom stereocenters. The highest BCUT2D eigenvalue weighted by atomic mass is 16.6. The molecule has 1 aliphatic rings. The van der Waals surface area contributed by atoms with Crippen molar-refractivity contribution in [3.63, 3.8) is 0 Å². The van der Waals surface area contributed by atoms with Crippen molar-refractivity contribution in [2.24, 2.45) is 0 Å². The molecule has 32 heavy (non-hydrogen) atoms. The van der Waals surface area contributed by atoms with Gasteiger partial charge in [0.05, 0.1) is 6.54 Å². The molecule has 5 rings (SSSR count). The fraction of sp³-hybridized carbons (Fsp3) is 0.182. The van der Waals surface area contributed by atoms with E-state index in [-0.39, 0.29) is 12.6 Å². The number of urea groups is 1. The van der Waals surface area contributed by atoms with Crippen LogP contribution < -0.4 is 24.8 Å². The minimum atomic E-state index is -0.348. The molecular formula is C22H20N6O4. The highest BCUT2D eigenvalue weighted by molar-refractivity contribution is 5.89. The zero-order valence-corrected chi connectivity index (χ0v) is 17.0. The van der Waals surface area contributed by atoms with Crippen molar-refractivity contribution >= 4 is 17.4 Å². The molecule has 0 radical (unpaired) electrons. The minimum absolute atomic E-state index is 0.246. The second-order valence-corrected chi connectivity index (χ2v) is 6.92. The third kappa shape index (κ3) is 4.24. The number of hydrogen-bond acceptors (Lipinski definition) is 7. The lowest BCUT2D eigenvalue weighted by Crippen LogP contribution is -2.32. The van der Waals surface area contributed by atoms with Crippen LogP contribution in [0.2, 0.25) is 0 Å². The number of amides is 2. The van der Waals surface area contributed by atoms with Crippen molar-refractivity contribution in [2.75, 3.05) is 31.7 Å². The van der Waals surface area contributed by atoms with Gasteiger partial charge >= 0.3 is 6.03 Å². The number of nitrogens with zero attached hydrogens (tertiary/aromatic N) is 4. The van der Waals surface area contributed by atoms with E-state index in [1.807, 2.05) is 30.3 Å². The Morgan fingerprint density at radius 3 is 2.72 bits per heavy atom. The van der Waals surface area contributed by atoms with Gasteiger partial charge < -0.3 is 24.8 Å². The molecule has 2 amide bonds. The Labute approximate surface area is 183 Å². The van der Waals surface area contributed by atoms with Gasteiger partial charge in [-0.2, -0.15) is 4.52 Å². The SMILES string of the molecule is O=C(NCCOc1ccc2nnc(-c3ccccc3)n2n1)Nc1ccc2c(c1)OCCO2. The molecule has 10 heteroatoms. The molecule has 162 valence electrons. The fourth-order valence-electron chi connectivity index (χ4n) is 3.23. The van der Waals surface area contributed by atoms with E-state index in [9.17, 15) is 4.79 Å². The smallest absolute Gasteiger partial charge is 0.319 e. The van der Waals surface area contributed by atoms with Gasteiger partial charge in [-0.3, -0.25) is 0 Å². The predicted octanol–water partition coefficient (Wildman–Crippen LogP) is 2.76. The first-order valence-electron chi connectivity index (χ1n) is 10.1.